The lowest BCUT2D eigenvalue weighted by molar-refractivity contribution is 0.0953. The summed E-state index contributed by atoms with van der Waals surface area (Å²) in [5.74, 6) is 5.46. The molecule has 0 spiro atoms. The number of aryl methyl sites for hydroxylation is 1. The lowest BCUT2D eigenvalue weighted by Gasteiger charge is -2.05. The first-order valence-corrected chi connectivity index (χ1v) is 6.32. The van der Waals surface area contributed by atoms with Gasteiger partial charge in [0.25, 0.3) is 5.91 Å². The van der Waals surface area contributed by atoms with Crippen molar-refractivity contribution in [2.24, 2.45) is 5.84 Å². The predicted molar refractivity (Wildman–Crippen MR) is 76.1 cm³/mol. The number of carbonyl (C=O) groups is 1. The van der Waals surface area contributed by atoms with E-state index in [0.29, 0.717) is 17.9 Å². The Morgan fingerprint density at radius 1 is 1.35 bits per heavy atom. The van der Waals surface area contributed by atoms with Gasteiger partial charge in [-0.2, -0.15) is 0 Å². The largest absolute Gasteiger partial charge is 0.467 e. The summed E-state index contributed by atoms with van der Waals surface area (Å²) in [4.78, 5) is 11.4. The zero-order chi connectivity index (χ0) is 14.1. The van der Waals surface area contributed by atoms with E-state index in [9.17, 15) is 4.79 Å². The maximum Gasteiger partial charge on any atom is 0.268 e. The molecule has 0 fully saturated rings. The third-order valence-electron chi connectivity index (χ3n) is 3.38. The molecular formula is C15H15N3O2. The van der Waals surface area contributed by atoms with Crippen LogP contribution in [0.4, 0.5) is 0 Å². The van der Waals surface area contributed by atoms with Crippen LogP contribution in [0.3, 0.4) is 0 Å². The van der Waals surface area contributed by atoms with Crippen LogP contribution in [0.5, 0.6) is 0 Å². The molecule has 0 bridgehead atoms. The smallest absolute Gasteiger partial charge is 0.268 e. The molecular weight excluding hydrogens is 254 g/mol. The van der Waals surface area contributed by atoms with E-state index in [1.165, 1.54) is 11.6 Å². The monoisotopic (exact) mass is 269 g/mol. The minimum Gasteiger partial charge on any atom is -0.467 e. The molecule has 3 rings (SSSR count). The first kappa shape index (κ1) is 12.5. The summed E-state index contributed by atoms with van der Waals surface area (Å²) >= 11 is 0. The fourth-order valence-corrected chi connectivity index (χ4v) is 2.38. The minimum atomic E-state index is -0.353. The van der Waals surface area contributed by atoms with E-state index in [1.54, 1.807) is 6.07 Å². The van der Waals surface area contributed by atoms with E-state index < -0.39 is 0 Å². The number of benzene rings is 1. The van der Waals surface area contributed by atoms with Crippen LogP contribution in [0, 0.1) is 6.92 Å². The number of amides is 1. The molecule has 2 heterocycles. The second kappa shape index (κ2) is 4.86. The number of hydrogen-bond acceptors (Lipinski definition) is 3. The van der Waals surface area contributed by atoms with Crippen molar-refractivity contribution in [2.45, 2.75) is 13.5 Å². The van der Waals surface area contributed by atoms with Crippen molar-refractivity contribution in [2.75, 3.05) is 0 Å². The van der Waals surface area contributed by atoms with Crippen molar-refractivity contribution in [1.29, 1.82) is 0 Å². The van der Waals surface area contributed by atoms with Gasteiger partial charge in [-0.15, -0.1) is 0 Å². The van der Waals surface area contributed by atoms with Crippen LogP contribution in [0.25, 0.3) is 10.9 Å². The number of hydrogen-bond donors (Lipinski definition) is 2. The van der Waals surface area contributed by atoms with Crippen LogP contribution < -0.4 is 11.3 Å². The Morgan fingerprint density at radius 3 is 2.95 bits per heavy atom. The molecule has 0 aliphatic rings. The SMILES string of the molecule is Cc1cc2ccccc2n1Cc1cc(C(=O)NN)co1. The van der Waals surface area contributed by atoms with Gasteiger partial charge >= 0.3 is 0 Å². The highest BCUT2D eigenvalue weighted by Crippen LogP contribution is 2.21. The molecule has 5 heteroatoms. The number of nitrogens with zero attached hydrogens (tertiary/aromatic N) is 1. The molecule has 2 aromatic heterocycles. The molecule has 102 valence electrons. The van der Waals surface area contributed by atoms with Crippen molar-refractivity contribution in [3.8, 4) is 0 Å². The van der Waals surface area contributed by atoms with Crippen molar-refractivity contribution in [3.63, 3.8) is 0 Å². The molecule has 3 N–H and O–H groups in total. The molecule has 1 amide bonds. The van der Waals surface area contributed by atoms with Gasteiger partial charge < -0.3 is 8.98 Å². The zero-order valence-corrected chi connectivity index (χ0v) is 11.1. The fourth-order valence-electron chi connectivity index (χ4n) is 2.38. The second-order valence-corrected chi connectivity index (χ2v) is 4.71. The maximum absolute atomic E-state index is 11.4. The van der Waals surface area contributed by atoms with Gasteiger partial charge in [-0.25, -0.2) is 5.84 Å². The summed E-state index contributed by atoms with van der Waals surface area (Å²) in [6, 6.07) is 12.0. The van der Waals surface area contributed by atoms with Gasteiger partial charge in [-0.3, -0.25) is 10.2 Å². The Kier molecular flexibility index (Phi) is 3.04. The summed E-state index contributed by atoms with van der Waals surface area (Å²) in [7, 11) is 0. The predicted octanol–water partition coefficient (Wildman–Crippen LogP) is 2.19. The number of para-hydroxylation sites is 1. The van der Waals surface area contributed by atoms with Gasteiger partial charge in [0.1, 0.15) is 12.0 Å². The van der Waals surface area contributed by atoms with Crippen LogP contribution in [-0.4, -0.2) is 10.5 Å². The number of carbonyl (C=O) groups excluding carboxylic acids is 1. The standard InChI is InChI=1S/C15H15N3O2/c1-10-6-11-4-2-3-5-14(11)18(10)8-13-7-12(9-20-13)15(19)17-16/h2-7,9H,8,16H2,1H3,(H,17,19). The van der Waals surface area contributed by atoms with Gasteiger partial charge in [0.15, 0.2) is 0 Å². The topological polar surface area (TPSA) is 73.2 Å². The second-order valence-electron chi connectivity index (χ2n) is 4.71. The van der Waals surface area contributed by atoms with E-state index in [0.717, 1.165) is 11.2 Å². The van der Waals surface area contributed by atoms with Crippen molar-refractivity contribution >= 4 is 16.8 Å². The Morgan fingerprint density at radius 2 is 2.15 bits per heavy atom. The normalized spacial score (nSPS) is 10.9. The summed E-state index contributed by atoms with van der Waals surface area (Å²) in [6.07, 6.45) is 1.42. The van der Waals surface area contributed by atoms with Crippen molar-refractivity contribution in [1.82, 2.24) is 9.99 Å². The number of hydrazine groups is 1. The van der Waals surface area contributed by atoms with E-state index in [2.05, 4.69) is 35.1 Å². The molecule has 0 aliphatic heterocycles. The van der Waals surface area contributed by atoms with Gasteiger partial charge in [0.05, 0.1) is 12.1 Å². The lowest BCUT2D eigenvalue weighted by Crippen LogP contribution is -2.29. The number of nitrogen functional groups attached to an aromatic ring is 1. The third-order valence-corrected chi connectivity index (χ3v) is 3.38. The molecule has 0 atom stereocenters. The average Bonchev–Trinajstić information content (AvgIpc) is 3.04. The first-order valence-electron chi connectivity index (χ1n) is 6.32. The van der Waals surface area contributed by atoms with E-state index in [1.807, 2.05) is 12.1 Å². The number of nitrogens with one attached hydrogen (secondary N) is 1. The highest BCUT2D eigenvalue weighted by molar-refractivity contribution is 5.93. The van der Waals surface area contributed by atoms with Crippen LogP contribution >= 0.6 is 0 Å². The number of nitrogens with two attached hydrogens (primary N) is 1. The first-order chi connectivity index (χ1) is 9.69. The number of furan rings is 1. The Labute approximate surface area is 115 Å². The van der Waals surface area contributed by atoms with E-state index >= 15 is 0 Å². The molecule has 1 aromatic carbocycles. The summed E-state index contributed by atoms with van der Waals surface area (Å²) in [6.45, 7) is 2.63. The minimum absolute atomic E-state index is 0.353. The molecule has 0 saturated heterocycles. The summed E-state index contributed by atoms with van der Waals surface area (Å²) in [5.41, 5.74) is 4.81. The molecule has 5 nitrogen and oxygen atoms in total. The van der Waals surface area contributed by atoms with Crippen LogP contribution in [0.1, 0.15) is 21.8 Å². The zero-order valence-electron chi connectivity index (χ0n) is 11.1. The molecule has 0 aliphatic carbocycles. The molecule has 3 aromatic rings. The van der Waals surface area contributed by atoms with Crippen LogP contribution in [0.15, 0.2) is 47.1 Å². The van der Waals surface area contributed by atoms with Crippen LogP contribution in [-0.2, 0) is 6.54 Å². The van der Waals surface area contributed by atoms with E-state index in [-0.39, 0.29) is 5.91 Å². The average molecular weight is 269 g/mol. The number of aromatic nitrogens is 1. The van der Waals surface area contributed by atoms with Gasteiger partial charge in [-0.05, 0) is 30.5 Å². The number of rotatable bonds is 3. The Hall–Kier alpha value is -2.53. The Bertz CT molecular complexity index is 770. The Balaban J connectivity index is 1.95. The fraction of sp³-hybridized carbons (Fsp3) is 0.133. The third kappa shape index (κ3) is 2.08. The van der Waals surface area contributed by atoms with Crippen molar-refractivity contribution < 1.29 is 9.21 Å². The van der Waals surface area contributed by atoms with Crippen LogP contribution in [0.2, 0.25) is 0 Å². The summed E-state index contributed by atoms with van der Waals surface area (Å²) < 4.78 is 7.58. The van der Waals surface area contributed by atoms with Gasteiger partial charge in [0.2, 0.25) is 0 Å². The lowest BCUT2D eigenvalue weighted by atomic mass is 10.2. The van der Waals surface area contributed by atoms with Gasteiger partial charge in [-0.1, -0.05) is 18.2 Å². The highest BCUT2D eigenvalue weighted by Gasteiger charge is 2.11. The van der Waals surface area contributed by atoms with E-state index in [4.69, 9.17) is 10.3 Å². The molecule has 0 unspecified atom stereocenters. The molecule has 20 heavy (non-hydrogen) atoms. The molecule has 0 saturated carbocycles. The maximum atomic E-state index is 11.4. The quantitative estimate of drug-likeness (QED) is 0.435. The van der Waals surface area contributed by atoms with Crippen molar-refractivity contribution in [3.05, 3.63) is 59.7 Å². The number of fused-ring (bicyclic) bond motifs is 1. The van der Waals surface area contributed by atoms with Gasteiger partial charge in [0, 0.05) is 11.2 Å². The highest BCUT2D eigenvalue weighted by atomic mass is 16.3. The summed E-state index contributed by atoms with van der Waals surface area (Å²) in [5, 5.41) is 1.19. The molecule has 0 radical (unpaired) electrons.